The Bertz CT molecular complexity index is 661. The van der Waals surface area contributed by atoms with Crippen molar-refractivity contribution in [3.05, 3.63) is 29.8 Å². The van der Waals surface area contributed by atoms with E-state index in [0.717, 1.165) is 19.5 Å². The van der Waals surface area contributed by atoms with Gasteiger partial charge >= 0.3 is 6.03 Å². The van der Waals surface area contributed by atoms with E-state index in [-0.39, 0.29) is 19.0 Å². The molecule has 2 fully saturated rings. The Morgan fingerprint density at radius 3 is 2.15 bits per heavy atom. The Hall–Kier alpha value is -2.12. The molecule has 2 aliphatic heterocycles. The lowest BCUT2D eigenvalue weighted by molar-refractivity contribution is 0.0572. The van der Waals surface area contributed by atoms with E-state index in [4.69, 9.17) is 0 Å². The van der Waals surface area contributed by atoms with Gasteiger partial charge in [-0.2, -0.15) is 0 Å². The summed E-state index contributed by atoms with van der Waals surface area (Å²) in [4.78, 5) is 28.6. The van der Waals surface area contributed by atoms with Gasteiger partial charge < -0.3 is 25.3 Å². The van der Waals surface area contributed by atoms with Crippen LogP contribution in [0.5, 0.6) is 0 Å². The van der Waals surface area contributed by atoms with Gasteiger partial charge in [-0.3, -0.25) is 4.79 Å². The van der Waals surface area contributed by atoms with E-state index in [1.165, 1.54) is 4.90 Å². The van der Waals surface area contributed by atoms with Crippen LogP contribution in [0.25, 0.3) is 0 Å². The van der Waals surface area contributed by atoms with E-state index in [1.807, 2.05) is 4.90 Å². The number of aliphatic hydroxyl groups is 2. The molecule has 0 aromatic heterocycles. The maximum atomic E-state index is 13.0. The van der Waals surface area contributed by atoms with Gasteiger partial charge in [0.15, 0.2) is 0 Å². The number of carbonyl (C=O) groups excluding carboxylic acids is 2. The maximum Gasteiger partial charge on any atom is 0.322 e. The van der Waals surface area contributed by atoms with E-state index in [2.05, 4.69) is 19.2 Å². The van der Waals surface area contributed by atoms with Crippen molar-refractivity contribution in [3.63, 3.8) is 0 Å². The average Bonchev–Trinajstić information content (AvgIpc) is 2.93. The molecular weight excluding hydrogens is 334 g/mol. The second kappa shape index (κ2) is 7.63. The molecule has 0 spiro atoms. The Morgan fingerprint density at radius 2 is 1.54 bits per heavy atom. The summed E-state index contributed by atoms with van der Waals surface area (Å²) < 4.78 is 0. The number of likely N-dealkylation sites (tertiary alicyclic amines) is 2. The molecule has 2 unspecified atom stereocenters. The molecule has 2 heterocycles. The number of piperidine rings is 1. The first-order chi connectivity index (χ1) is 12.3. The normalized spacial score (nSPS) is 28.9. The summed E-state index contributed by atoms with van der Waals surface area (Å²) in [6.45, 7) is 5.88. The monoisotopic (exact) mass is 361 g/mol. The van der Waals surface area contributed by atoms with E-state index in [1.54, 1.807) is 24.3 Å². The highest BCUT2D eigenvalue weighted by atomic mass is 16.3. The number of aliphatic hydroxyl groups excluding tert-OH is 2. The number of hydrogen-bond acceptors (Lipinski definition) is 4. The van der Waals surface area contributed by atoms with Crippen molar-refractivity contribution < 1.29 is 19.8 Å². The predicted molar refractivity (Wildman–Crippen MR) is 97.9 cm³/mol. The highest BCUT2D eigenvalue weighted by Crippen LogP contribution is 2.25. The molecule has 26 heavy (non-hydrogen) atoms. The number of amides is 3. The number of urea groups is 1. The summed E-state index contributed by atoms with van der Waals surface area (Å²) in [6, 6.07) is 6.53. The van der Waals surface area contributed by atoms with Crippen molar-refractivity contribution in [1.29, 1.82) is 0 Å². The van der Waals surface area contributed by atoms with Crippen molar-refractivity contribution in [3.8, 4) is 0 Å². The highest BCUT2D eigenvalue weighted by Gasteiger charge is 2.33. The lowest BCUT2D eigenvalue weighted by atomic mass is 9.91. The summed E-state index contributed by atoms with van der Waals surface area (Å²) in [6.07, 6.45) is -0.759. The maximum absolute atomic E-state index is 13.0. The topological polar surface area (TPSA) is 93.1 Å². The lowest BCUT2D eigenvalue weighted by Crippen LogP contribution is -2.43. The molecule has 0 bridgehead atoms. The smallest absolute Gasteiger partial charge is 0.322 e. The van der Waals surface area contributed by atoms with Crippen LogP contribution in [-0.4, -0.2) is 70.3 Å². The molecule has 1 aromatic carbocycles. The SMILES string of the molecule is CC1CC(C)CN(C(=O)c2ccccc2NC(=O)N2C[C@@H](O)[C@@H](O)C2)C1. The largest absolute Gasteiger partial charge is 0.388 e. The zero-order chi connectivity index (χ0) is 18.8. The Balaban J connectivity index is 1.74. The van der Waals surface area contributed by atoms with Gasteiger partial charge in [-0.25, -0.2) is 4.79 Å². The molecule has 3 amide bonds. The molecule has 2 aliphatic rings. The molecule has 1 aromatic rings. The summed E-state index contributed by atoms with van der Waals surface area (Å²) in [5.41, 5.74) is 0.909. The zero-order valence-corrected chi connectivity index (χ0v) is 15.3. The van der Waals surface area contributed by atoms with Gasteiger partial charge in [0.2, 0.25) is 0 Å². The fraction of sp³-hybridized carbons (Fsp3) is 0.579. The molecule has 3 N–H and O–H groups in total. The number of benzene rings is 1. The predicted octanol–water partition coefficient (Wildman–Crippen LogP) is 1.37. The number of rotatable bonds is 2. The molecule has 2 saturated heterocycles. The first-order valence-corrected chi connectivity index (χ1v) is 9.15. The quantitative estimate of drug-likeness (QED) is 0.742. The van der Waals surface area contributed by atoms with Gasteiger partial charge in [-0.15, -0.1) is 0 Å². The van der Waals surface area contributed by atoms with Crippen LogP contribution in [-0.2, 0) is 0 Å². The molecule has 7 nitrogen and oxygen atoms in total. The van der Waals surface area contributed by atoms with Gasteiger partial charge in [0, 0.05) is 13.1 Å². The first kappa shape index (κ1) is 18.7. The number of nitrogens with zero attached hydrogens (tertiary/aromatic N) is 2. The van der Waals surface area contributed by atoms with Crippen LogP contribution in [0.1, 0.15) is 30.6 Å². The van der Waals surface area contributed by atoms with Crippen molar-refractivity contribution in [2.24, 2.45) is 11.8 Å². The molecule has 4 atom stereocenters. The second-order valence-electron chi connectivity index (χ2n) is 7.67. The fourth-order valence-electron chi connectivity index (χ4n) is 3.91. The van der Waals surface area contributed by atoms with Crippen LogP contribution < -0.4 is 5.32 Å². The highest BCUT2D eigenvalue weighted by molar-refractivity contribution is 6.03. The van der Waals surface area contributed by atoms with E-state index in [0.29, 0.717) is 23.1 Å². The number of nitrogens with one attached hydrogen (secondary N) is 1. The molecular formula is C19H27N3O4. The standard InChI is InChI=1S/C19H27N3O4/c1-12-7-13(2)9-21(8-12)18(25)14-5-3-4-6-15(14)20-19(26)22-10-16(23)17(24)11-22/h3-6,12-13,16-17,23-24H,7-11H2,1-2H3,(H,20,26)/t12?,13?,16-,17+. The first-order valence-electron chi connectivity index (χ1n) is 9.15. The van der Waals surface area contributed by atoms with Gasteiger partial charge in [0.25, 0.3) is 5.91 Å². The Labute approximate surface area is 153 Å². The molecule has 0 radical (unpaired) electrons. The van der Waals surface area contributed by atoms with Crippen LogP contribution in [0, 0.1) is 11.8 Å². The third kappa shape index (κ3) is 3.99. The fourth-order valence-corrected chi connectivity index (χ4v) is 3.91. The Kier molecular flexibility index (Phi) is 5.48. The minimum atomic E-state index is -0.936. The van der Waals surface area contributed by atoms with E-state index < -0.39 is 18.2 Å². The molecule has 142 valence electrons. The average molecular weight is 361 g/mol. The van der Waals surface area contributed by atoms with Gasteiger partial charge in [0.05, 0.1) is 36.5 Å². The summed E-state index contributed by atoms with van der Waals surface area (Å²) in [5.74, 6) is 0.829. The van der Waals surface area contributed by atoms with Gasteiger partial charge in [-0.05, 0) is 30.4 Å². The van der Waals surface area contributed by atoms with Crippen LogP contribution in [0.3, 0.4) is 0 Å². The number of carbonyl (C=O) groups is 2. The van der Waals surface area contributed by atoms with Crippen LogP contribution in [0.2, 0.25) is 0 Å². The van der Waals surface area contributed by atoms with Crippen molar-refractivity contribution in [2.75, 3.05) is 31.5 Å². The summed E-state index contributed by atoms with van der Waals surface area (Å²) in [5, 5.41) is 22.0. The third-order valence-electron chi connectivity index (χ3n) is 5.10. The lowest BCUT2D eigenvalue weighted by Gasteiger charge is -2.35. The minimum Gasteiger partial charge on any atom is -0.388 e. The molecule has 7 heteroatoms. The van der Waals surface area contributed by atoms with E-state index >= 15 is 0 Å². The van der Waals surface area contributed by atoms with Crippen LogP contribution >= 0.6 is 0 Å². The summed E-state index contributed by atoms with van der Waals surface area (Å²) >= 11 is 0. The number of anilines is 1. The van der Waals surface area contributed by atoms with E-state index in [9.17, 15) is 19.8 Å². The van der Waals surface area contributed by atoms with Gasteiger partial charge in [0.1, 0.15) is 0 Å². The number of para-hydroxylation sites is 1. The number of β-amino-alcohol motifs (C(OH)–C–C–N with tert-alkyl or cyclic N) is 2. The number of hydrogen-bond donors (Lipinski definition) is 3. The molecule has 0 saturated carbocycles. The Morgan fingerprint density at radius 1 is 0.962 bits per heavy atom. The minimum absolute atomic E-state index is 0.0737. The molecule has 0 aliphatic carbocycles. The van der Waals surface area contributed by atoms with Crippen LogP contribution in [0.15, 0.2) is 24.3 Å². The zero-order valence-electron chi connectivity index (χ0n) is 15.3. The van der Waals surface area contributed by atoms with Crippen molar-refractivity contribution >= 4 is 17.6 Å². The van der Waals surface area contributed by atoms with Crippen molar-refractivity contribution in [1.82, 2.24) is 9.80 Å². The third-order valence-corrected chi connectivity index (χ3v) is 5.10. The molecule has 3 rings (SSSR count). The van der Waals surface area contributed by atoms with Crippen LogP contribution in [0.4, 0.5) is 10.5 Å². The second-order valence-corrected chi connectivity index (χ2v) is 7.67. The van der Waals surface area contributed by atoms with Crippen molar-refractivity contribution in [2.45, 2.75) is 32.5 Å². The van der Waals surface area contributed by atoms with Gasteiger partial charge in [-0.1, -0.05) is 26.0 Å². The summed E-state index contributed by atoms with van der Waals surface area (Å²) in [7, 11) is 0.